The molecule has 0 bridgehead atoms. The van der Waals surface area contributed by atoms with Crippen LogP contribution in [0, 0.1) is 11.6 Å². The first-order chi connectivity index (χ1) is 9.02. The minimum absolute atomic E-state index is 0.273. The summed E-state index contributed by atoms with van der Waals surface area (Å²) in [5.74, 6) is -1.65. The average Bonchev–Trinajstić information content (AvgIpc) is 2.74. The van der Waals surface area contributed by atoms with Gasteiger partial charge in [-0.2, -0.15) is 0 Å². The lowest BCUT2D eigenvalue weighted by atomic mass is 10.1. The van der Waals surface area contributed by atoms with E-state index in [-0.39, 0.29) is 6.04 Å². The Balaban J connectivity index is 2.07. The van der Waals surface area contributed by atoms with E-state index < -0.39 is 11.6 Å². The highest BCUT2D eigenvalue weighted by Crippen LogP contribution is 2.28. The Labute approximate surface area is 113 Å². The molecule has 2 rings (SSSR count). The van der Waals surface area contributed by atoms with Crippen LogP contribution in [0.15, 0.2) is 18.2 Å². The summed E-state index contributed by atoms with van der Waals surface area (Å²) in [5, 5.41) is 0. The van der Waals surface area contributed by atoms with E-state index in [2.05, 4.69) is 18.7 Å². The Kier molecular flexibility index (Phi) is 4.53. The van der Waals surface area contributed by atoms with E-state index in [4.69, 9.17) is 5.73 Å². The lowest BCUT2D eigenvalue weighted by molar-refractivity contribution is 0.186. The molecule has 0 aliphatic carbocycles. The van der Waals surface area contributed by atoms with Crippen LogP contribution in [0.4, 0.5) is 8.78 Å². The zero-order chi connectivity index (χ0) is 14.0. The zero-order valence-corrected chi connectivity index (χ0v) is 11.6. The quantitative estimate of drug-likeness (QED) is 0.908. The van der Waals surface area contributed by atoms with Crippen molar-refractivity contribution in [1.82, 2.24) is 4.90 Å². The van der Waals surface area contributed by atoms with Gasteiger partial charge in [-0.05, 0) is 43.9 Å². The maximum absolute atomic E-state index is 13.2. The summed E-state index contributed by atoms with van der Waals surface area (Å²) < 4.78 is 26.1. The van der Waals surface area contributed by atoms with E-state index in [1.54, 1.807) is 6.07 Å². The molecule has 2 N–H and O–H groups in total. The van der Waals surface area contributed by atoms with Crippen LogP contribution < -0.4 is 5.73 Å². The fourth-order valence-electron chi connectivity index (χ4n) is 2.97. The fraction of sp³-hybridized carbons (Fsp3) is 0.600. The Hall–Kier alpha value is -1.00. The fourth-order valence-corrected chi connectivity index (χ4v) is 2.97. The van der Waals surface area contributed by atoms with Crippen LogP contribution in [-0.2, 0) is 0 Å². The predicted molar refractivity (Wildman–Crippen MR) is 72.8 cm³/mol. The molecule has 19 heavy (non-hydrogen) atoms. The van der Waals surface area contributed by atoms with E-state index >= 15 is 0 Å². The van der Waals surface area contributed by atoms with Gasteiger partial charge in [0, 0.05) is 24.7 Å². The summed E-state index contributed by atoms with van der Waals surface area (Å²) in [6.45, 7) is 5.08. The van der Waals surface area contributed by atoms with Gasteiger partial charge in [-0.25, -0.2) is 8.78 Å². The smallest absolute Gasteiger partial charge is 0.159 e. The number of likely N-dealkylation sites (tertiary alicyclic amines) is 1. The molecular weight excluding hydrogens is 246 g/mol. The standard InChI is InChI=1S/C15H22F2N2/c1-3-12-6-4-10(2)19(12)9-15(18)11-5-7-13(16)14(17)8-11/h5,7-8,10,12,15H,3-4,6,9,18H2,1-2H3. The monoisotopic (exact) mass is 268 g/mol. The van der Waals surface area contributed by atoms with Gasteiger partial charge in [-0.15, -0.1) is 0 Å². The molecule has 3 atom stereocenters. The Bertz CT molecular complexity index is 436. The van der Waals surface area contributed by atoms with Crippen molar-refractivity contribution in [2.24, 2.45) is 5.73 Å². The lowest BCUT2D eigenvalue weighted by Crippen LogP contribution is -2.39. The van der Waals surface area contributed by atoms with Crippen molar-refractivity contribution in [2.45, 2.75) is 51.2 Å². The Morgan fingerprint density at radius 2 is 2.05 bits per heavy atom. The van der Waals surface area contributed by atoms with Crippen molar-refractivity contribution in [3.8, 4) is 0 Å². The molecule has 1 fully saturated rings. The number of hydrogen-bond donors (Lipinski definition) is 1. The van der Waals surface area contributed by atoms with Crippen LogP contribution in [0.3, 0.4) is 0 Å². The van der Waals surface area contributed by atoms with Gasteiger partial charge >= 0.3 is 0 Å². The average molecular weight is 268 g/mol. The van der Waals surface area contributed by atoms with E-state index in [0.717, 1.165) is 12.5 Å². The third-order valence-electron chi connectivity index (χ3n) is 4.20. The van der Waals surface area contributed by atoms with Gasteiger partial charge < -0.3 is 5.73 Å². The molecule has 0 aromatic heterocycles. The minimum atomic E-state index is -0.825. The third-order valence-corrected chi connectivity index (χ3v) is 4.20. The number of nitrogens with zero attached hydrogens (tertiary/aromatic N) is 1. The molecule has 1 aliphatic heterocycles. The molecule has 4 heteroatoms. The van der Waals surface area contributed by atoms with Crippen molar-refractivity contribution in [3.05, 3.63) is 35.4 Å². The molecule has 1 aromatic carbocycles. The lowest BCUT2D eigenvalue weighted by Gasteiger charge is -2.30. The molecule has 0 radical (unpaired) electrons. The van der Waals surface area contributed by atoms with Crippen molar-refractivity contribution in [1.29, 1.82) is 0 Å². The highest BCUT2D eigenvalue weighted by atomic mass is 19.2. The molecule has 1 aromatic rings. The van der Waals surface area contributed by atoms with Crippen LogP contribution in [0.25, 0.3) is 0 Å². The number of hydrogen-bond acceptors (Lipinski definition) is 2. The van der Waals surface area contributed by atoms with Crippen LogP contribution in [-0.4, -0.2) is 23.5 Å². The molecule has 1 saturated heterocycles. The van der Waals surface area contributed by atoms with Crippen molar-refractivity contribution in [3.63, 3.8) is 0 Å². The van der Waals surface area contributed by atoms with Gasteiger partial charge in [0.05, 0.1) is 0 Å². The largest absolute Gasteiger partial charge is 0.323 e. The number of benzene rings is 1. The van der Waals surface area contributed by atoms with Crippen LogP contribution in [0.2, 0.25) is 0 Å². The Morgan fingerprint density at radius 1 is 1.32 bits per heavy atom. The SMILES string of the molecule is CCC1CCC(C)N1CC(N)c1ccc(F)c(F)c1. The first-order valence-electron chi connectivity index (χ1n) is 6.99. The second kappa shape index (κ2) is 5.97. The maximum atomic E-state index is 13.2. The summed E-state index contributed by atoms with van der Waals surface area (Å²) in [4.78, 5) is 2.39. The molecule has 1 heterocycles. The van der Waals surface area contributed by atoms with Crippen molar-refractivity contribution in [2.75, 3.05) is 6.54 Å². The third kappa shape index (κ3) is 3.12. The van der Waals surface area contributed by atoms with Crippen molar-refractivity contribution < 1.29 is 8.78 Å². The molecule has 3 unspecified atom stereocenters. The second-order valence-corrected chi connectivity index (χ2v) is 5.47. The summed E-state index contributed by atoms with van der Waals surface area (Å²) in [5.41, 5.74) is 6.80. The van der Waals surface area contributed by atoms with Gasteiger partial charge in [0.1, 0.15) is 0 Å². The van der Waals surface area contributed by atoms with Gasteiger partial charge in [0.15, 0.2) is 11.6 Å². The minimum Gasteiger partial charge on any atom is -0.323 e. The normalized spacial score (nSPS) is 25.7. The van der Waals surface area contributed by atoms with Crippen LogP contribution >= 0.6 is 0 Å². The first-order valence-corrected chi connectivity index (χ1v) is 6.99. The van der Waals surface area contributed by atoms with E-state index in [9.17, 15) is 8.78 Å². The topological polar surface area (TPSA) is 29.3 Å². The van der Waals surface area contributed by atoms with Crippen LogP contribution in [0.1, 0.15) is 44.7 Å². The summed E-state index contributed by atoms with van der Waals surface area (Å²) >= 11 is 0. The molecular formula is C15H22F2N2. The summed E-state index contributed by atoms with van der Waals surface area (Å²) in [6.07, 6.45) is 3.49. The maximum Gasteiger partial charge on any atom is 0.159 e. The van der Waals surface area contributed by atoms with Gasteiger partial charge in [0.25, 0.3) is 0 Å². The van der Waals surface area contributed by atoms with Gasteiger partial charge in [-0.3, -0.25) is 4.90 Å². The molecule has 2 nitrogen and oxygen atoms in total. The highest BCUT2D eigenvalue weighted by molar-refractivity contribution is 5.21. The zero-order valence-electron chi connectivity index (χ0n) is 11.6. The van der Waals surface area contributed by atoms with Gasteiger partial charge in [-0.1, -0.05) is 13.0 Å². The summed E-state index contributed by atoms with van der Waals surface area (Å²) in [7, 11) is 0. The summed E-state index contributed by atoms with van der Waals surface area (Å²) in [6, 6.07) is 4.74. The predicted octanol–water partition coefficient (Wildman–Crippen LogP) is 3.23. The Morgan fingerprint density at radius 3 is 2.68 bits per heavy atom. The number of halogens is 2. The first kappa shape index (κ1) is 14.4. The van der Waals surface area contributed by atoms with Gasteiger partial charge in [0.2, 0.25) is 0 Å². The molecule has 106 valence electrons. The molecule has 0 saturated carbocycles. The molecule has 0 spiro atoms. The number of rotatable bonds is 4. The molecule has 0 amide bonds. The van der Waals surface area contributed by atoms with E-state index in [1.807, 2.05) is 0 Å². The highest BCUT2D eigenvalue weighted by Gasteiger charge is 2.30. The van der Waals surface area contributed by atoms with E-state index in [1.165, 1.54) is 18.9 Å². The second-order valence-electron chi connectivity index (χ2n) is 5.47. The molecule has 1 aliphatic rings. The van der Waals surface area contributed by atoms with Crippen molar-refractivity contribution >= 4 is 0 Å². The van der Waals surface area contributed by atoms with Crippen LogP contribution in [0.5, 0.6) is 0 Å². The van der Waals surface area contributed by atoms with E-state index in [0.29, 0.717) is 24.2 Å². The number of nitrogens with two attached hydrogens (primary N) is 1.